The van der Waals surface area contributed by atoms with E-state index in [-0.39, 0.29) is 22.9 Å². The lowest BCUT2D eigenvalue weighted by Crippen LogP contribution is -2.44. The quantitative estimate of drug-likeness (QED) is 0.678. The van der Waals surface area contributed by atoms with Crippen molar-refractivity contribution in [2.24, 2.45) is 5.41 Å². The number of carbonyl (C=O) groups is 1. The number of carbonyl (C=O) groups excluding carboxylic acids is 1. The SMILES string of the molecule is CC1(COc2nc(OC(=O)NC(c3ccccn3)C(F)(F)F)ccc2Br)COC1. The number of halogens is 4. The summed E-state index contributed by atoms with van der Waals surface area (Å²) in [7, 11) is 0. The summed E-state index contributed by atoms with van der Waals surface area (Å²) in [6.45, 7) is 3.41. The highest BCUT2D eigenvalue weighted by Gasteiger charge is 2.43. The van der Waals surface area contributed by atoms with Crippen LogP contribution >= 0.6 is 15.9 Å². The van der Waals surface area contributed by atoms with Gasteiger partial charge in [0.05, 0.1) is 30.0 Å². The van der Waals surface area contributed by atoms with E-state index >= 15 is 0 Å². The maximum Gasteiger partial charge on any atom is 0.414 e. The van der Waals surface area contributed by atoms with Crippen molar-refractivity contribution in [3.63, 3.8) is 0 Å². The second kappa shape index (κ2) is 8.54. The zero-order valence-electron chi connectivity index (χ0n) is 15.2. The van der Waals surface area contributed by atoms with Gasteiger partial charge >= 0.3 is 12.3 Å². The Bertz CT molecular complexity index is 863. The van der Waals surface area contributed by atoms with E-state index in [1.54, 1.807) is 5.32 Å². The summed E-state index contributed by atoms with van der Waals surface area (Å²) in [5, 5.41) is 1.77. The van der Waals surface area contributed by atoms with Crippen LogP contribution in [0.4, 0.5) is 18.0 Å². The molecule has 2 aromatic heterocycles. The first-order valence-electron chi connectivity index (χ1n) is 8.49. The van der Waals surface area contributed by atoms with Gasteiger partial charge in [-0.25, -0.2) is 4.79 Å². The zero-order chi connectivity index (χ0) is 21.1. The zero-order valence-corrected chi connectivity index (χ0v) is 16.8. The third-order valence-electron chi connectivity index (χ3n) is 4.02. The molecule has 0 radical (unpaired) electrons. The van der Waals surface area contributed by atoms with Gasteiger partial charge in [0.15, 0.2) is 6.04 Å². The fraction of sp³-hybridized carbons (Fsp3) is 0.389. The number of amides is 1. The van der Waals surface area contributed by atoms with Gasteiger partial charge in [0.1, 0.15) is 0 Å². The molecule has 3 heterocycles. The highest BCUT2D eigenvalue weighted by atomic mass is 79.9. The van der Waals surface area contributed by atoms with Crippen molar-refractivity contribution in [2.45, 2.75) is 19.1 Å². The van der Waals surface area contributed by atoms with Crippen LogP contribution in [0, 0.1) is 5.41 Å². The highest BCUT2D eigenvalue weighted by molar-refractivity contribution is 9.10. The summed E-state index contributed by atoms with van der Waals surface area (Å²) in [5.74, 6) is -0.0572. The topological polar surface area (TPSA) is 82.6 Å². The molecule has 0 bridgehead atoms. The van der Waals surface area contributed by atoms with Crippen LogP contribution < -0.4 is 14.8 Å². The third kappa shape index (κ3) is 5.57. The van der Waals surface area contributed by atoms with Gasteiger partial charge in [0.25, 0.3) is 0 Å². The lowest BCUT2D eigenvalue weighted by atomic mass is 9.90. The molecule has 0 spiro atoms. The number of hydrogen-bond donors (Lipinski definition) is 1. The molecule has 1 aliphatic heterocycles. The van der Waals surface area contributed by atoms with Crippen molar-refractivity contribution in [1.29, 1.82) is 0 Å². The van der Waals surface area contributed by atoms with Gasteiger partial charge in [0, 0.05) is 17.7 Å². The Hall–Kier alpha value is -2.40. The molecule has 2 aromatic rings. The molecule has 1 saturated heterocycles. The predicted molar refractivity (Wildman–Crippen MR) is 98.6 cm³/mol. The van der Waals surface area contributed by atoms with E-state index in [2.05, 4.69) is 25.9 Å². The van der Waals surface area contributed by atoms with Crippen molar-refractivity contribution in [2.75, 3.05) is 19.8 Å². The van der Waals surface area contributed by atoms with Gasteiger partial charge in [-0.1, -0.05) is 13.0 Å². The Kier molecular flexibility index (Phi) is 6.27. The molecule has 7 nitrogen and oxygen atoms in total. The molecule has 0 aliphatic carbocycles. The van der Waals surface area contributed by atoms with Gasteiger partial charge in [-0.15, -0.1) is 0 Å². The molecule has 1 aliphatic rings. The second-order valence-corrected chi connectivity index (χ2v) is 7.65. The standard InChI is InChI=1S/C18H17BrF3N3O4/c1-17(8-27-9-17)10-28-15-11(19)5-6-13(24-15)29-16(26)25-14(18(20,21)22)12-4-2-3-7-23-12/h2-7,14H,8-10H2,1H3,(H,25,26). The molecule has 1 fully saturated rings. The molecule has 1 atom stereocenters. The van der Waals surface area contributed by atoms with Crippen LogP contribution in [0.15, 0.2) is 41.0 Å². The summed E-state index contributed by atoms with van der Waals surface area (Å²) in [4.78, 5) is 19.7. The smallest absolute Gasteiger partial charge is 0.414 e. The predicted octanol–water partition coefficient (Wildman–Crippen LogP) is 4.05. The van der Waals surface area contributed by atoms with Gasteiger partial charge in [-0.3, -0.25) is 4.98 Å². The fourth-order valence-electron chi connectivity index (χ4n) is 2.45. The Morgan fingerprint density at radius 3 is 2.69 bits per heavy atom. The number of pyridine rings is 2. The molecule has 0 aromatic carbocycles. The minimum Gasteiger partial charge on any atom is -0.476 e. The van der Waals surface area contributed by atoms with Gasteiger partial charge in [-0.2, -0.15) is 18.2 Å². The first-order chi connectivity index (χ1) is 13.7. The molecule has 0 saturated carbocycles. The van der Waals surface area contributed by atoms with E-state index in [1.807, 2.05) is 6.92 Å². The second-order valence-electron chi connectivity index (χ2n) is 6.79. The van der Waals surface area contributed by atoms with Crippen LogP contribution in [0.25, 0.3) is 0 Å². The van der Waals surface area contributed by atoms with Crippen molar-refractivity contribution in [3.8, 4) is 11.8 Å². The maximum absolute atomic E-state index is 13.3. The van der Waals surface area contributed by atoms with E-state index < -0.39 is 18.3 Å². The Morgan fingerprint density at radius 1 is 1.34 bits per heavy atom. The van der Waals surface area contributed by atoms with E-state index in [0.717, 1.165) is 6.07 Å². The number of alkyl halides is 3. The molecular formula is C18H17BrF3N3O4. The number of hydrogen-bond acceptors (Lipinski definition) is 6. The Labute approximate surface area is 172 Å². The first-order valence-corrected chi connectivity index (χ1v) is 9.29. The summed E-state index contributed by atoms with van der Waals surface area (Å²) in [6, 6.07) is 4.55. The first kappa shape index (κ1) is 21.3. The Morgan fingerprint density at radius 2 is 2.10 bits per heavy atom. The number of ether oxygens (including phenoxy) is 3. The van der Waals surface area contributed by atoms with Crippen LogP contribution in [-0.4, -0.2) is 42.1 Å². The minimum absolute atomic E-state index is 0.141. The van der Waals surface area contributed by atoms with Crippen molar-refractivity contribution in [1.82, 2.24) is 15.3 Å². The maximum atomic E-state index is 13.3. The fourth-order valence-corrected chi connectivity index (χ4v) is 2.79. The molecule has 156 valence electrons. The van der Waals surface area contributed by atoms with Crippen LogP contribution in [0.5, 0.6) is 11.8 Å². The van der Waals surface area contributed by atoms with Crippen LogP contribution in [0.2, 0.25) is 0 Å². The highest BCUT2D eigenvalue weighted by Crippen LogP contribution is 2.33. The number of nitrogens with zero attached hydrogens (tertiary/aromatic N) is 2. The molecule has 3 rings (SSSR count). The van der Waals surface area contributed by atoms with E-state index in [9.17, 15) is 18.0 Å². The van der Waals surface area contributed by atoms with E-state index in [0.29, 0.717) is 24.3 Å². The number of rotatable bonds is 6. The van der Waals surface area contributed by atoms with Gasteiger partial charge < -0.3 is 19.5 Å². The molecule has 29 heavy (non-hydrogen) atoms. The Balaban J connectivity index is 1.67. The normalized spacial score (nSPS) is 16.4. The lowest BCUT2D eigenvalue weighted by molar-refractivity contribution is -0.156. The summed E-state index contributed by atoms with van der Waals surface area (Å²) in [5.41, 5.74) is -0.501. The number of aromatic nitrogens is 2. The van der Waals surface area contributed by atoms with Crippen molar-refractivity contribution in [3.05, 3.63) is 46.7 Å². The molecular weight excluding hydrogens is 459 g/mol. The van der Waals surface area contributed by atoms with Gasteiger partial charge in [-0.05, 0) is 34.1 Å². The minimum atomic E-state index is -4.75. The molecule has 1 amide bonds. The van der Waals surface area contributed by atoms with Crippen LogP contribution in [-0.2, 0) is 4.74 Å². The number of nitrogens with one attached hydrogen (secondary N) is 1. The molecule has 1 N–H and O–H groups in total. The van der Waals surface area contributed by atoms with Crippen LogP contribution in [0.3, 0.4) is 0 Å². The summed E-state index contributed by atoms with van der Waals surface area (Å²) >= 11 is 3.27. The molecule has 11 heteroatoms. The largest absolute Gasteiger partial charge is 0.476 e. The van der Waals surface area contributed by atoms with Crippen molar-refractivity contribution >= 4 is 22.0 Å². The van der Waals surface area contributed by atoms with E-state index in [1.165, 1.54) is 30.5 Å². The average Bonchev–Trinajstić information content (AvgIpc) is 2.65. The van der Waals surface area contributed by atoms with Crippen LogP contribution in [0.1, 0.15) is 18.7 Å². The molecule has 1 unspecified atom stereocenters. The van der Waals surface area contributed by atoms with Gasteiger partial charge in [0.2, 0.25) is 11.8 Å². The average molecular weight is 476 g/mol. The summed E-state index contributed by atoms with van der Waals surface area (Å²) in [6.07, 6.45) is -4.87. The lowest BCUT2D eigenvalue weighted by Gasteiger charge is -2.37. The monoisotopic (exact) mass is 475 g/mol. The van der Waals surface area contributed by atoms with Crippen molar-refractivity contribution < 1.29 is 32.2 Å². The van der Waals surface area contributed by atoms with E-state index in [4.69, 9.17) is 14.2 Å². The third-order valence-corrected chi connectivity index (χ3v) is 4.62. The summed E-state index contributed by atoms with van der Waals surface area (Å²) < 4.78 is 56.1.